The molecule has 1 aliphatic carbocycles. The van der Waals surface area contributed by atoms with Gasteiger partial charge in [-0.25, -0.2) is 9.18 Å². The summed E-state index contributed by atoms with van der Waals surface area (Å²) in [6.45, 7) is 3.33. The lowest BCUT2D eigenvalue weighted by atomic mass is 9.94. The Morgan fingerprint density at radius 2 is 2.12 bits per heavy atom. The van der Waals surface area contributed by atoms with Crippen LogP contribution in [0.1, 0.15) is 53.7 Å². The number of nitrogens with two attached hydrogens (primary N) is 2. The fourth-order valence-electron chi connectivity index (χ4n) is 3.37. The van der Waals surface area contributed by atoms with Crippen LogP contribution in [0.15, 0.2) is 11.0 Å². The van der Waals surface area contributed by atoms with Crippen LogP contribution in [0.4, 0.5) is 10.1 Å². The number of carboxylic acids is 1. The van der Waals surface area contributed by atoms with Crippen molar-refractivity contribution in [2.45, 2.75) is 45.2 Å². The highest BCUT2D eigenvalue weighted by Gasteiger charge is 2.30. The number of aromatic nitrogens is 1. The van der Waals surface area contributed by atoms with Crippen LogP contribution in [0, 0.1) is 18.2 Å². The van der Waals surface area contributed by atoms with Gasteiger partial charge in [0.05, 0.1) is 16.6 Å². The van der Waals surface area contributed by atoms with E-state index in [9.17, 15) is 19.1 Å². The second kappa shape index (κ2) is 6.21. The van der Waals surface area contributed by atoms with Gasteiger partial charge in [0, 0.05) is 36.0 Å². The summed E-state index contributed by atoms with van der Waals surface area (Å²) < 4.78 is 16.6. The Hall–Kier alpha value is -2.74. The van der Waals surface area contributed by atoms with Crippen LogP contribution < -0.4 is 16.9 Å². The number of halogens is 1. The van der Waals surface area contributed by atoms with Crippen molar-refractivity contribution in [3.8, 4) is 0 Å². The Balaban J connectivity index is 2.45. The molecular formula is C18H21FN4O3. The molecule has 1 saturated carbocycles. The van der Waals surface area contributed by atoms with E-state index in [0.29, 0.717) is 11.1 Å². The van der Waals surface area contributed by atoms with Crippen molar-refractivity contribution in [1.29, 1.82) is 5.41 Å². The third-order valence-electron chi connectivity index (χ3n) is 4.69. The van der Waals surface area contributed by atoms with Gasteiger partial charge in [0.25, 0.3) is 0 Å². The minimum Gasteiger partial charge on any atom is -0.477 e. The van der Waals surface area contributed by atoms with E-state index in [-0.39, 0.29) is 35.2 Å². The van der Waals surface area contributed by atoms with Crippen molar-refractivity contribution < 1.29 is 14.3 Å². The van der Waals surface area contributed by atoms with E-state index in [2.05, 4.69) is 0 Å². The molecule has 138 valence electrons. The van der Waals surface area contributed by atoms with Gasteiger partial charge in [-0.3, -0.25) is 4.79 Å². The SMILES string of the molecule is Cc1c(C(=N)CC(C)N)c(F)c(N)c2c(=O)c(C(=O)O)cn(C3CC3)c12. The molecule has 26 heavy (non-hydrogen) atoms. The van der Waals surface area contributed by atoms with Crippen LogP contribution in [0.5, 0.6) is 0 Å². The number of nitrogens with zero attached hydrogens (tertiary/aromatic N) is 1. The van der Waals surface area contributed by atoms with Crippen molar-refractivity contribution >= 4 is 28.3 Å². The highest BCUT2D eigenvalue weighted by Crippen LogP contribution is 2.40. The summed E-state index contributed by atoms with van der Waals surface area (Å²) in [5.41, 5.74) is 10.8. The minimum absolute atomic E-state index is 0.000655. The highest BCUT2D eigenvalue weighted by atomic mass is 19.1. The molecule has 1 heterocycles. The van der Waals surface area contributed by atoms with Crippen molar-refractivity contribution in [2.75, 3.05) is 5.73 Å². The molecule has 0 bridgehead atoms. The summed E-state index contributed by atoms with van der Waals surface area (Å²) in [5, 5.41) is 17.4. The topological polar surface area (TPSA) is 135 Å². The number of fused-ring (bicyclic) bond motifs is 1. The number of hydrogen-bond acceptors (Lipinski definition) is 5. The molecule has 0 amide bonds. The Morgan fingerprint density at radius 3 is 2.62 bits per heavy atom. The summed E-state index contributed by atoms with van der Waals surface area (Å²) in [6, 6.07) is -0.298. The summed E-state index contributed by atoms with van der Waals surface area (Å²) in [5.74, 6) is -2.25. The van der Waals surface area contributed by atoms with Crippen molar-refractivity contribution in [2.24, 2.45) is 5.73 Å². The smallest absolute Gasteiger partial charge is 0.341 e. The van der Waals surface area contributed by atoms with Gasteiger partial charge in [-0.2, -0.15) is 0 Å². The van der Waals surface area contributed by atoms with Crippen LogP contribution in [-0.4, -0.2) is 27.4 Å². The van der Waals surface area contributed by atoms with Gasteiger partial charge < -0.3 is 26.6 Å². The Labute approximate surface area is 148 Å². The molecule has 0 spiro atoms. The maximum atomic E-state index is 15.0. The van der Waals surface area contributed by atoms with Gasteiger partial charge in [-0.1, -0.05) is 0 Å². The van der Waals surface area contributed by atoms with Gasteiger partial charge in [0.1, 0.15) is 5.56 Å². The molecule has 7 nitrogen and oxygen atoms in total. The minimum atomic E-state index is -1.38. The third kappa shape index (κ3) is 2.76. The molecule has 1 aromatic heterocycles. The molecule has 1 atom stereocenters. The molecule has 8 heteroatoms. The van der Waals surface area contributed by atoms with E-state index in [1.54, 1.807) is 18.4 Å². The fraction of sp³-hybridized carbons (Fsp3) is 0.389. The maximum absolute atomic E-state index is 15.0. The standard InChI is InChI=1S/C18H21FN4O3/c1-7(20)5-11(21)12-8(2)16-13(15(22)14(12)19)17(24)10(18(25)26)6-23(16)9-3-4-9/h6-7,9,21H,3-5,20,22H2,1-2H3,(H,25,26). The predicted octanol–water partition coefficient (Wildman–Crippen LogP) is 2.17. The van der Waals surface area contributed by atoms with Crippen LogP contribution in [0.2, 0.25) is 0 Å². The summed E-state index contributed by atoms with van der Waals surface area (Å²) in [4.78, 5) is 24.1. The predicted molar refractivity (Wildman–Crippen MR) is 97.6 cm³/mol. The van der Waals surface area contributed by atoms with Crippen molar-refractivity contribution in [3.05, 3.63) is 38.9 Å². The third-order valence-corrected chi connectivity index (χ3v) is 4.69. The number of nitrogen functional groups attached to an aromatic ring is 1. The molecule has 2 aromatic rings. The maximum Gasteiger partial charge on any atom is 0.341 e. The number of carboxylic acid groups (broad SMARTS) is 1. The number of benzene rings is 1. The van der Waals surface area contributed by atoms with Gasteiger partial charge in [-0.05, 0) is 32.3 Å². The molecule has 1 aromatic carbocycles. The summed E-state index contributed by atoms with van der Waals surface area (Å²) in [7, 11) is 0. The molecule has 1 fully saturated rings. The van der Waals surface area contributed by atoms with Gasteiger partial charge >= 0.3 is 5.97 Å². The van der Waals surface area contributed by atoms with Crippen LogP contribution >= 0.6 is 0 Å². The molecular weight excluding hydrogens is 339 g/mol. The normalized spacial score (nSPS) is 15.2. The number of aromatic carboxylic acids is 1. The lowest BCUT2D eigenvalue weighted by Crippen LogP contribution is -2.24. The number of aryl methyl sites for hydroxylation is 1. The van der Waals surface area contributed by atoms with E-state index in [0.717, 1.165) is 12.8 Å². The quantitative estimate of drug-likeness (QED) is 0.479. The average Bonchev–Trinajstić information content (AvgIpc) is 3.36. The number of carbonyl (C=O) groups is 1. The summed E-state index contributed by atoms with van der Waals surface area (Å²) >= 11 is 0. The van der Waals surface area contributed by atoms with Gasteiger partial charge in [-0.15, -0.1) is 0 Å². The van der Waals surface area contributed by atoms with Crippen LogP contribution in [0.25, 0.3) is 10.9 Å². The summed E-state index contributed by atoms with van der Waals surface area (Å²) in [6.07, 6.45) is 3.12. The monoisotopic (exact) mass is 360 g/mol. The molecule has 0 aliphatic heterocycles. The first-order valence-electron chi connectivity index (χ1n) is 8.38. The largest absolute Gasteiger partial charge is 0.477 e. The number of nitrogens with one attached hydrogen (secondary N) is 1. The second-order valence-corrected chi connectivity index (χ2v) is 6.93. The lowest BCUT2D eigenvalue weighted by Gasteiger charge is -2.20. The van der Waals surface area contributed by atoms with Gasteiger partial charge in [0.2, 0.25) is 5.43 Å². The molecule has 3 rings (SSSR count). The van der Waals surface area contributed by atoms with Crippen molar-refractivity contribution in [3.63, 3.8) is 0 Å². The Morgan fingerprint density at radius 1 is 1.50 bits per heavy atom. The zero-order valence-electron chi connectivity index (χ0n) is 14.6. The van der Waals surface area contributed by atoms with Crippen LogP contribution in [-0.2, 0) is 0 Å². The fourth-order valence-corrected chi connectivity index (χ4v) is 3.37. The number of rotatable bonds is 5. The Bertz CT molecular complexity index is 1010. The second-order valence-electron chi connectivity index (χ2n) is 6.93. The van der Waals surface area contributed by atoms with E-state index in [1.807, 2.05) is 0 Å². The first-order chi connectivity index (χ1) is 12.1. The molecule has 1 aliphatic rings. The van der Waals surface area contributed by atoms with E-state index in [1.165, 1.54) is 6.20 Å². The first-order valence-corrected chi connectivity index (χ1v) is 8.38. The number of anilines is 1. The zero-order valence-corrected chi connectivity index (χ0v) is 14.6. The molecule has 1 unspecified atom stereocenters. The van der Waals surface area contributed by atoms with E-state index in [4.69, 9.17) is 16.9 Å². The lowest BCUT2D eigenvalue weighted by molar-refractivity contribution is 0.0695. The number of pyridine rings is 1. The number of hydrogen-bond donors (Lipinski definition) is 4. The van der Waals surface area contributed by atoms with Crippen molar-refractivity contribution in [1.82, 2.24) is 4.57 Å². The molecule has 0 radical (unpaired) electrons. The average molecular weight is 360 g/mol. The Kier molecular flexibility index (Phi) is 4.31. The van der Waals surface area contributed by atoms with Gasteiger partial charge in [0.15, 0.2) is 5.82 Å². The molecule has 0 saturated heterocycles. The highest BCUT2D eigenvalue weighted by molar-refractivity contribution is 6.08. The first kappa shape index (κ1) is 18.1. The van der Waals surface area contributed by atoms with E-state index < -0.39 is 28.5 Å². The van der Waals surface area contributed by atoms with E-state index >= 15 is 0 Å². The van der Waals surface area contributed by atoms with Crippen LogP contribution in [0.3, 0.4) is 0 Å². The zero-order chi connectivity index (χ0) is 19.3. The molecule has 6 N–H and O–H groups in total.